The van der Waals surface area contributed by atoms with E-state index in [4.69, 9.17) is 21.1 Å². The molecule has 0 aromatic heterocycles. The van der Waals surface area contributed by atoms with E-state index in [1.807, 2.05) is 66.7 Å². The molecule has 0 heterocycles. The van der Waals surface area contributed by atoms with Crippen LogP contribution in [-0.4, -0.2) is 19.8 Å². The topological polar surface area (TPSA) is 30.5 Å². The van der Waals surface area contributed by atoms with Crippen molar-refractivity contribution < 1.29 is 9.47 Å². The van der Waals surface area contributed by atoms with Crippen LogP contribution in [-0.2, 0) is 6.42 Å². The Bertz CT molecular complexity index is 774. The molecule has 134 valence electrons. The minimum atomic E-state index is 0.580. The van der Waals surface area contributed by atoms with Gasteiger partial charge in [0, 0.05) is 23.7 Å². The fraction of sp³-hybridized carbons (Fsp3) is 0.182. The highest BCUT2D eigenvalue weighted by Crippen LogP contribution is 2.17. The maximum absolute atomic E-state index is 5.85. The van der Waals surface area contributed by atoms with Gasteiger partial charge in [-0.05, 0) is 54.1 Å². The summed E-state index contributed by atoms with van der Waals surface area (Å²) in [6, 6.07) is 25.7. The lowest BCUT2D eigenvalue weighted by molar-refractivity contribution is 0.322. The van der Waals surface area contributed by atoms with Gasteiger partial charge in [-0.15, -0.1) is 0 Å². The van der Waals surface area contributed by atoms with Crippen molar-refractivity contribution in [2.75, 3.05) is 25.1 Å². The highest BCUT2D eigenvalue weighted by Gasteiger charge is 1.98. The molecular formula is C22H22ClNO2. The molecule has 0 fully saturated rings. The van der Waals surface area contributed by atoms with Gasteiger partial charge in [0.1, 0.15) is 18.1 Å². The van der Waals surface area contributed by atoms with Crippen LogP contribution in [0.5, 0.6) is 11.5 Å². The van der Waals surface area contributed by atoms with Crippen molar-refractivity contribution in [3.63, 3.8) is 0 Å². The molecule has 3 aromatic rings. The zero-order valence-corrected chi connectivity index (χ0v) is 15.3. The van der Waals surface area contributed by atoms with Gasteiger partial charge in [-0.3, -0.25) is 0 Å². The Kier molecular flexibility index (Phi) is 6.80. The molecule has 0 aliphatic heterocycles. The number of ether oxygens (including phenoxy) is 2. The molecule has 26 heavy (non-hydrogen) atoms. The fourth-order valence-electron chi connectivity index (χ4n) is 2.50. The molecular weight excluding hydrogens is 346 g/mol. The molecule has 0 unspecified atom stereocenters. The average Bonchev–Trinajstić information content (AvgIpc) is 2.69. The molecule has 0 aliphatic carbocycles. The molecule has 1 N–H and O–H groups in total. The van der Waals surface area contributed by atoms with Crippen LogP contribution in [0, 0.1) is 0 Å². The summed E-state index contributed by atoms with van der Waals surface area (Å²) in [6.07, 6.45) is 0.906. The average molecular weight is 368 g/mol. The van der Waals surface area contributed by atoms with Crippen LogP contribution < -0.4 is 14.8 Å². The van der Waals surface area contributed by atoms with E-state index in [0.29, 0.717) is 18.2 Å². The predicted molar refractivity (Wildman–Crippen MR) is 108 cm³/mol. The Morgan fingerprint density at radius 1 is 0.692 bits per heavy atom. The van der Waals surface area contributed by atoms with Crippen molar-refractivity contribution in [3.05, 3.63) is 89.4 Å². The maximum Gasteiger partial charge on any atom is 0.119 e. The van der Waals surface area contributed by atoms with Crippen molar-refractivity contribution in [2.45, 2.75) is 6.42 Å². The second-order valence-electron chi connectivity index (χ2n) is 5.84. The van der Waals surface area contributed by atoms with Crippen molar-refractivity contribution in [1.82, 2.24) is 0 Å². The number of nitrogens with one attached hydrogen (secondary N) is 1. The molecule has 0 bridgehead atoms. The summed E-state index contributed by atoms with van der Waals surface area (Å²) in [6.45, 7) is 1.97. The van der Waals surface area contributed by atoms with Gasteiger partial charge in [-0.2, -0.15) is 0 Å². The number of benzene rings is 3. The van der Waals surface area contributed by atoms with Gasteiger partial charge in [-0.25, -0.2) is 0 Å². The predicted octanol–water partition coefficient (Wildman–Crippen LogP) is 5.45. The SMILES string of the molecule is Clc1ccc(OCCNc2ccc(OCCc3ccccc3)cc2)cc1. The van der Waals surface area contributed by atoms with Gasteiger partial charge < -0.3 is 14.8 Å². The van der Waals surface area contributed by atoms with Crippen molar-refractivity contribution >= 4 is 17.3 Å². The Morgan fingerprint density at radius 2 is 1.31 bits per heavy atom. The third-order valence-corrected chi connectivity index (χ3v) is 4.12. The summed E-state index contributed by atoms with van der Waals surface area (Å²) < 4.78 is 11.5. The third kappa shape index (κ3) is 6.01. The standard InChI is InChI=1S/C22H22ClNO2/c23-19-6-10-21(11-7-19)26-17-15-24-20-8-12-22(13-9-20)25-16-14-18-4-2-1-3-5-18/h1-13,24H,14-17H2. The second kappa shape index (κ2) is 9.73. The summed E-state index contributed by atoms with van der Waals surface area (Å²) in [5.74, 6) is 1.70. The lowest BCUT2D eigenvalue weighted by atomic mass is 10.2. The Balaban J connectivity index is 1.35. The summed E-state index contributed by atoms with van der Waals surface area (Å²) >= 11 is 5.85. The van der Waals surface area contributed by atoms with E-state index in [9.17, 15) is 0 Å². The van der Waals surface area contributed by atoms with Gasteiger partial charge in [0.15, 0.2) is 0 Å². The maximum atomic E-state index is 5.85. The Hall–Kier alpha value is -2.65. The van der Waals surface area contributed by atoms with E-state index < -0.39 is 0 Å². The van der Waals surface area contributed by atoms with Gasteiger partial charge in [0.2, 0.25) is 0 Å². The number of hydrogen-bond donors (Lipinski definition) is 1. The van der Waals surface area contributed by atoms with Gasteiger partial charge in [0.25, 0.3) is 0 Å². The molecule has 0 saturated heterocycles. The van der Waals surface area contributed by atoms with Crippen LogP contribution in [0.25, 0.3) is 0 Å². The number of halogens is 1. The molecule has 3 nitrogen and oxygen atoms in total. The lowest BCUT2D eigenvalue weighted by Gasteiger charge is -2.10. The Morgan fingerprint density at radius 3 is 2.00 bits per heavy atom. The zero-order chi connectivity index (χ0) is 18.0. The van der Waals surface area contributed by atoms with Crippen LogP contribution >= 0.6 is 11.6 Å². The van der Waals surface area contributed by atoms with Crippen LogP contribution in [0.3, 0.4) is 0 Å². The molecule has 0 amide bonds. The largest absolute Gasteiger partial charge is 0.493 e. The monoisotopic (exact) mass is 367 g/mol. The summed E-state index contributed by atoms with van der Waals surface area (Å²) in [4.78, 5) is 0. The molecule has 3 rings (SSSR count). The van der Waals surface area contributed by atoms with Crippen molar-refractivity contribution in [3.8, 4) is 11.5 Å². The fourth-order valence-corrected chi connectivity index (χ4v) is 2.62. The van der Waals surface area contributed by atoms with Crippen LogP contribution in [0.15, 0.2) is 78.9 Å². The quantitative estimate of drug-likeness (QED) is 0.510. The first-order chi connectivity index (χ1) is 12.8. The smallest absolute Gasteiger partial charge is 0.119 e. The van der Waals surface area contributed by atoms with E-state index in [2.05, 4.69) is 17.4 Å². The van der Waals surface area contributed by atoms with Crippen molar-refractivity contribution in [1.29, 1.82) is 0 Å². The van der Waals surface area contributed by atoms with Gasteiger partial charge in [0.05, 0.1) is 6.61 Å². The van der Waals surface area contributed by atoms with E-state index in [-0.39, 0.29) is 0 Å². The zero-order valence-electron chi connectivity index (χ0n) is 14.5. The molecule has 0 aliphatic rings. The van der Waals surface area contributed by atoms with E-state index in [1.165, 1.54) is 5.56 Å². The molecule has 0 radical (unpaired) electrons. The van der Waals surface area contributed by atoms with E-state index in [0.717, 1.165) is 30.2 Å². The van der Waals surface area contributed by atoms with E-state index in [1.54, 1.807) is 0 Å². The minimum Gasteiger partial charge on any atom is -0.493 e. The first-order valence-corrected chi connectivity index (χ1v) is 9.06. The molecule has 0 saturated carbocycles. The number of anilines is 1. The van der Waals surface area contributed by atoms with E-state index >= 15 is 0 Å². The number of hydrogen-bond acceptors (Lipinski definition) is 3. The summed E-state index contributed by atoms with van der Waals surface area (Å²) in [5, 5.41) is 4.04. The first-order valence-electron chi connectivity index (χ1n) is 8.69. The molecule has 0 spiro atoms. The summed E-state index contributed by atoms with van der Waals surface area (Å²) in [7, 11) is 0. The molecule has 0 atom stereocenters. The van der Waals surface area contributed by atoms with Crippen LogP contribution in [0.4, 0.5) is 5.69 Å². The highest BCUT2D eigenvalue weighted by atomic mass is 35.5. The number of rotatable bonds is 9. The normalized spacial score (nSPS) is 10.3. The van der Waals surface area contributed by atoms with Gasteiger partial charge in [-0.1, -0.05) is 41.9 Å². The highest BCUT2D eigenvalue weighted by molar-refractivity contribution is 6.30. The third-order valence-electron chi connectivity index (χ3n) is 3.87. The van der Waals surface area contributed by atoms with Gasteiger partial charge >= 0.3 is 0 Å². The summed E-state index contributed by atoms with van der Waals surface area (Å²) in [5.41, 5.74) is 2.33. The molecule has 3 aromatic carbocycles. The van der Waals surface area contributed by atoms with Crippen LogP contribution in [0.1, 0.15) is 5.56 Å². The second-order valence-corrected chi connectivity index (χ2v) is 6.27. The first kappa shape index (κ1) is 18.2. The van der Waals surface area contributed by atoms with Crippen LogP contribution in [0.2, 0.25) is 5.02 Å². The Labute approximate surface area is 159 Å². The molecule has 4 heteroatoms. The lowest BCUT2D eigenvalue weighted by Crippen LogP contribution is -2.11. The van der Waals surface area contributed by atoms with Crippen molar-refractivity contribution in [2.24, 2.45) is 0 Å². The minimum absolute atomic E-state index is 0.580.